The number of nitrogens with zero attached hydrogens (tertiary/aromatic N) is 5. The first-order chi connectivity index (χ1) is 16.2. The van der Waals surface area contributed by atoms with Crippen molar-refractivity contribution in [2.45, 2.75) is 71.6 Å². The molecule has 1 aromatic carbocycles. The molecule has 2 unspecified atom stereocenters. The second-order valence-corrected chi connectivity index (χ2v) is 8.53. The van der Waals surface area contributed by atoms with Crippen LogP contribution in [0.2, 0.25) is 0 Å². The summed E-state index contributed by atoms with van der Waals surface area (Å²) in [5, 5.41) is 11.7. The summed E-state index contributed by atoms with van der Waals surface area (Å²) in [5.74, 6) is -0.910. The average Bonchev–Trinajstić information content (AvgIpc) is 2.79. The van der Waals surface area contributed by atoms with Crippen LogP contribution in [0.5, 0.6) is 0 Å². The molecule has 0 saturated carbocycles. The van der Waals surface area contributed by atoms with Gasteiger partial charge in [0.1, 0.15) is 24.6 Å². The largest absolute Gasteiger partial charge is 0.350 e. The SMILES string of the molecule is CCC.CCCC[C@H]1C(=O)N(C(C)c2ccc(F)cc2)CC2N1C(=O)CN(CC#N)N2C(N)=O. The minimum absolute atomic E-state index is 0.0383. The molecule has 2 N–H and O–H groups in total. The second kappa shape index (κ2) is 12.3. The van der Waals surface area contributed by atoms with Gasteiger partial charge < -0.3 is 15.5 Å². The summed E-state index contributed by atoms with van der Waals surface area (Å²) in [6, 6.07) is 5.89. The summed E-state index contributed by atoms with van der Waals surface area (Å²) in [5.41, 5.74) is 6.36. The molecule has 0 radical (unpaired) electrons. The number of nitriles is 1. The van der Waals surface area contributed by atoms with Crippen LogP contribution in [0.1, 0.15) is 65.0 Å². The molecule has 1 aromatic rings. The quantitative estimate of drug-likeness (QED) is 0.637. The minimum atomic E-state index is -0.811. The Morgan fingerprint density at radius 2 is 1.85 bits per heavy atom. The third-order valence-corrected chi connectivity index (χ3v) is 5.91. The number of rotatable bonds is 6. The van der Waals surface area contributed by atoms with Crippen molar-refractivity contribution in [3.05, 3.63) is 35.6 Å². The lowest BCUT2D eigenvalue weighted by Crippen LogP contribution is -2.76. The molecule has 0 aromatic heterocycles. The molecule has 2 heterocycles. The van der Waals surface area contributed by atoms with Gasteiger partial charge in [0.15, 0.2) is 0 Å². The average molecular weight is 475 g/mol. The molecule has 186 valence electrons. The number of halogens is 1. The van der Waals surface area contributed by atoms with Gasteiger partial charge in [-0.15, -0.1) is 0 Å². The van der Waals surface area contributed by atoms with Crippen LogP contribution in [0.3, 0.4) is 0 Å². The first-order valence-electron chi connectivity index (χ1n) is 11.8. The lowest BCUT2D eigenvalue weighted by molar-refractivity contribution is -0.190. The Bertz CT molecular complexity index is 903. The summed E-state index contributed by atoms with van der Waals surface area (Å²) in [4.78, 5) is 41.8. The molecule has 2 fully saturated rings. The fourth-order valence-electron chi connectivity index (χ4n) is 4.34. The van der Waals surface area contributed by atoms with E-state index in [1.165, 1.54) is 33.5 Å². The van der Waals surface area contributed by atoms with Gasteiger partial charge in [0.05, 0.1) is 25.2 Å². The fourth-order valence-corrected chi connectivity index (χ4v) is 4.34. The van der Waals surface area contributed by atoms with E-state index in [-0.39, 0.29) is 37.3 Å². The molecule has 0 aliphatic carbocycles. The van der Waals surface area contributed by atoms with Crippen LogP contribution >= 0.6 is 0 Å². The highest BCUT2D eigenvalue weighted by Gasteiger charge is 2.51. The molecule has 9 nitrogen and oxygen atoms in total. The van der Waals surface area contributed by atoms with E-state index < -0.39 is 24.3 Å². The predicted molar refractivity (Wildman–Crippen MR) is 125 cm³/mol. The van der Waals surface area contributed by atoms with Crippen LogP contribution in [0.25, 0.3) is 0 Å². The number of carbonyl (C=O) groups excluding carboxylic acids is 3. The second-order valence-electron chi connectivity index (χ2n) is 8.53. The van der Waals surface area contributed by atoms with E-state index in [0.29, 0.717) is 6.42 Å². The zero-order valence-electron chi connectivity index (χ0n) is 20.4. The number of carbonyl (C=O) groups is 3. The summed E-state index contributed by atoms with van der Waals surface area (Å²) in [7, 11) is 0. The number of fused-ring (bicyclic) bond motifs is 1. The first kappa shape index (κ1) is 27.1. The van der Waals surface area contributed by atoms with E-state index in [9.17, 15) is 18.8 Å². The van der Waals surface area contributed by atoms with Crippen molar-refractivity contribution in [3.8, 4) is 6.07 Å². The van der Waals surface area contributed by atoms with Gasteiger partial charge in [-0.2, -0.15) is 10.3 Å². The van der Waals surface area contributed by atoms with Gasteiger partial charge in [0.25, 0.3) is 0 Å². The number of amides is 4. The maximum absolute atomic E-state index is 13.5. The summed E-state index contributed by atoms with van der Waals surface area (Å²) in [6.45, 7) is 7.73. The zero-order chi connectivity index (χ0) is 25.4. The maximum atomic E-state index is 13.5. The molecule has 2 saturated heterocycles. The minimum Gasteiger partial charge on any atom is -0.350 e. The third kappa shape index (κ3) is 5.83. The monoisotopic (exact) mass is 474 g/mol. The highest BCUT2D eigenvalue weighted by atomic mass is 19.1. The highest BCUT2D eigenvalue weighted by molar-refractivity contribution is 5.91. The highest BCUT2D eigenvalue weighted by Crippen LogP contribution is 2.33. The van der Waals surface area contributed by atoms with Crippen LogP contribution in [0.15, 0.2) is 24.3 Å². The van der Waals surface area contributed by atoms with E-state index in [2.05, 4.69) is 13.8 Å². The van der Waals surface area contributed by atoms with E-state index in [1.807, 2.05) is 19.9 Å². The number of primary amides is 1. The van der Waals surface area contributed by atoms with Crippen molar-refractivity contribution in [1.82, 2.24) is 19.8 Å². The molecule has 34 heavy (non-hydrogen) atoms. The molecular formula is C24H35FN6O3. The van der Waals surface area contributed by atoms with E-state index >= 15 is 0 Å². The van der Waals surface area contributed by atoms with Crippen molar-refractivity contribution >= 4 is 17.8 Å². The van der Waals surface area contributed by atoms with Gasteiger partial charge in [0, 0.05) is 0 Å². The smallest absolute Gasteiger partial charge is 0.331 e. The molecule has 0 spiro atoms. The van der Waals surface area contributed by atoms with Crippen LogP contribution in [0.4, 0.5) is 9.18 Å². The van der Waals surface area contributed by atoms with E-state index in [1.54, 1.807) is 17.0 Å². The van der Waals surface area contributed by atoms with Crippen molar-refractivity contribution in [1.29, 1.82) is 5.26 Å². The van der Waals surface area contributed by atoms with Crippen LogP contribution in [-0.2, 0) is 9.59 Å². The molecule has 0 bridgehead atoms. The van der Waals surface area contributed by atoms with Gasteiger partial charge in [-0.3, -0.25) is 9.59 Å². The van der Waals surface area contributed by atoms with Gasteiger partial charge in [-0.05, 0) is 31.0 Å². The summed E-state index contributed by atoms with van der Waals surface area (Å²) >= 11 is 0. The molecule has 3 rings (SSSR count). The topological polar surface area (TPSA) is 114 Å². The number of piperazine rings is 1. The maximum Gasteiger partial charge on any atom is 0.331 e. The number of hydrogen-bond acceptors (Lipinski definition) is 5. The molecule has 10 heteroatoms. The normalized spacial score (nSPS) is 21.4. The third-order valence-electron chi connectivity index (χ3n) is 5.91. The lowest BCUT2D eigenvalue weighted by Gasteiger charge is -2.55. The van der Waals surface area contributed by atoms with E-state index in [0.717, 1.165) is 18.4 Å². The Balaban J connectivity index is 0.00000129. The van der Waals surface area contributed by atoms with Crippen molar-refractivity contribution in [2.24, 2.45) is 5.73 Å². The number of nitrogens with two attached hydrogens (primary N) is 1. The predicted octanol–water partition coefficient (Wildman–Crippen LogP) is 2.99. The van der Waals surface area contributed by atoms with E-state index in [4.69, 9.17) is 11.0 Å². The Kier molecular flexibility index (Phi) is 9.81. The van der Waals surface area contributed by atoms with Crippen LogP contribution in [-0.4, -0.2) is 69.5 Å². The molecular weight excluding hydrogens is 439 g/mol. The standard InChI is InChI=1S/C21H27FN6O3.C3H8/c1-3-4-5-17-20(30)26(14(2)15-6-8-16(22)9-7-15)12-18-27(17)19(29)13-25(11-10-23)28(18)21(24)31;1-3-2/h6-9,14,17-18H,3-5,11-13H2,1-2H3,(H2,24,31);3H2,1-2H3/t14?,17-,18?;/m0./s1. The Hall–Kier alpha value is -3.19. The number of benzene rings is 1. The Morgan fingerprint density at radius 1 is 1.24 bits per heavy atom. The number of hydrazine groups is 1. The van der Waals surface area contributed by atoms with Crippen molar-refractivity contribution in [3.63, 3.8) is 0 Å². The molecule has 2 aliphatic rings. The Morgan fingerprint density at radius 3 is 2.38 bits per heavy atom. The van der Waals surface area contributed by atoms with Crippen molar-refractivity contribution < 1.29 is 18.8 Å². The molecule has 2 aliphatic heterocycles. The van der Waals surface area contributed by atoms with Gasteiger partial charge in [0.2, 0.25) is 11.8 Å². The van der Waals surface area contributed by atoms with Gasteiger partial charge >= 0.3 is 6.03 Å². The van der Waals surface area contributed by atoms with Crippen LogP contribution in [0, 0.1) is 17.1 Å². The van der Waals surface area contributed by atoms with Gasteiger partial charge in [-0.25, -0.2) is 14.2 Å². The first-order valence-corrected chi connectivity index (χ1v) is 11.8. The lowest BCUT2D eigenvalue weighted by atomic mass is 9.97. The molecule has 3 atom stereocenters. The summed E-state index contributed by atoms with van der Waals surface area (Å²) in [6.07, 6.45) is 2.46. The summed E-state index contributed by atoms with van der Waals surface area (Å²) < 4.78 is 13.4. The molecule has 4 amide bonds. The van der Waals surface area contributed by atoms with Gasteiger partial charge in [-0.1, -0.05) is 52.2 Å². The van der Waals surface area contributed by atoms with Crippen molar-refractivity contribution in [2.75, 3.05) is 19.6 Å². The number of unbranched alkanes of at least 4 members (excludes halogenated alkanes) is 1. The fraction of sp³-hybridized carbons (Fsp3) is 0.583. The Labute approximate surface area is 200 Å². The zero-order valence-corrected chi connectivity index (χ0v) is 20.4. The number of urea groups is 1. The number of hydrogen-bond donors (Lipinski definition) is 1. The van der Waals surface area contributed by atoms with Crippen LogP contribution < -0.4 is 5.73 Å².